The van der Waals surface area contributed by atoms with Gasteiger partial charge in [0.05, 0.1) is 23.3 Å². The van der Waals surface area contributed by atoms with E-state index in [1.54, 1.807) is 27.9 Å². The summed E-state index contributed by atoms with van der Waals surface area (Å²) < 4.78 is 1.62. The van der Waals surface area contributed by atoms with Gasteiger partial charge in [-0.1, -0.05) is 26.0 Å². The Labute approximate surface area is 164 Å². The van der Waals surface area contributed by atoms with Gasteiger partial charge in [0.2, 0.25) is 5.91 Å². The van der Waals surface area contributed by atoms with E-state index in [4.69, 9.17) is 0 Å². The van der Waals surface area contributed by atoms with Gasteiger partial charge in [0.1, 0.15) is 12.9 Å². The van der Waals surface area contributed by atoms with Crippen LogP contribution in [-0.4, -0.2) is 37.8 Å². The Balaban J connectivity index is 1.43. The Bertz CT molecular complexity index is 999. The zero-order valence-electron chi connectivity index (χ0n) is 16.0. The van der Waals surface area contributed by atoms with Crippen LogP contribution in [0.4, 0.5) is 5.69 Å². The number of nitrogens with zero attached hydrogens (tertiary/aromatic N) is 5. The normalized spacial score (nSPS) is 19.5. The van der Waals surface area contributed by atoms with Crippen molar-refractivity contribution in [2.45, 2.75) is 32.6 Å². The van der Waals surface area contributed by atoms with Gasteiger partial charge in [0, 0.05) is 0 Å². The number of hydrogen-bond acceptors (Lipinski definition) is 5. The molecule has 28 heavy (non-hydrogen) atoms. The number of allylic oxidation sites excluding steroid dienone is 4. The van der Waals surface area contributed by atoms with Gasteiger partial charge >= 0.3 is 0 Å². The second-order valence-electron chi connectivity index (χ2n) is 7.17. The van der Waals surface area contributed by atoms with E-state index >= 15 is 0 Å². The van der Waals surface area contributed by atoms with Crippen LogP contribution in [0.2, 0.25) is 0 Å². The minimum Gasteiger partial charge on any atom is -0.323 e. The van der Waals surface area contributed by atoms with Gasteiger partial charge in [0.15, 0.2) is 5.65 Å². The van der Waals surface area contributed by atoms with Crippen LogP contribution >= 0.6 is 0 Å². The molecule has 1 atom stereocenters. The van der Waals surface area contributed by atoms with E-state index in [2.05, 4.69) is 40.1 Å². The maximum atomic E-state index is 12.5. The lowest BCUT2D eigenvalue weighted by molar-refractivity contribution is -0.116. The molecule has 0 spiro atoms. The molecule has 7 heteroatoms. The Morgan fingerprint density at radius 3 is 3.04 bits per heavy atom. The molecular weight excluding hydrogens is 352 g/mol. The van der Waals surface area contributed by atoms with Crippen molar-refractivity contribution in [2.24, 2.45) is 11.0 Å². The summed E-state index contributed by atoms with van der Waals surface area (Å²) in [6.45, 7) is 6.35. The second kappa shape index (κ2) is 7.80. The van der Waals surface area contributed by atoms with E-state index in [1.807, 2.05) is 12.2 Å². The molecule has 0 saturated heterocycles. The van der Waals surface area contributed by atoms with Crippen LogP contribution in [0, 0.1) is 5.92 Å². The van der Waals surface area contributed by atoms with Gasteiger partial charge in [-0.15, -0.1) is 0 Å². The molecule has 2 aromatic heterocycles. The molecule has 3 heterocycles. The second-order valence-corrected chi connectivity index (χ2v) is 7.17. The third kappa shape index (κ3) is 3.88. The monoisotopic (exact) mass is 376 g/mol. The summed E-state index contributed by atoms with van der Waals surface area (Å²) in [6.07, 6.45) is 14.0. The summed E-state index contributed by atoms with van der Waals surface area (Å²) in [5.74, 6) is 0.610. The van der Waals surface area contributed by atoms with Gasteiger partial charge < -0.3 is 5.32 Å². The molecule has 1 aliphatic heterocycles. The average Bonchev–Trinajstić information content (AvgIpc) is 3.17. The van der Waals surface area contributed by atoms with Gasteiger partial charge in [-0.05, 0) is 55.0 Å². The zero-order valence-corrected chi connectivity index (χ0v) is 16.0. The SMILES string of the molecule is C=C1C=CC(C2=CCC(CC)CC2)=NN1CC(=O)Nc1ccc2ncnn2c1. The highest BCUT2D eigenvalue weighted by atomic mass is 16.2. The quantitative estimate of drug-likeness (QED) is 0.866. The molecule has 144 valence electrons. The number of carbonyl (C=O) groups is 1. The van der Waals surface area contributed by atoms with Gasteiger partial charge in [-0.25, -0.2) is 9.50 Å². The summed E-state index contributed by atoms with van der Waals surface area (Å²) in [6, 6.07) is 3.61. The highest BCUT2D eigenvalue weighted by Crippen LogP contribution is 2.28. The summed E-state index contributed by atoms with van der Waals surface area (Å²) >= 11 is 0. The number of anilines is 1. The molecule has 0 saturated carbocycles. The fourth-order valence-corrected chi connectivity index (χ4v) is 3.52. The maximum absolute atomic E-state index is 12.5. The number of pyridine rings is 1. The van der Waals surface area contributed by atoms with Crippen LogP contribution in [-0.2, 0) is 4.79 Å². The van der Waals surface area contributed by atoms with Crippen LogP contribution in [0.3, 0.4) is 0 Å². The van der Waals surface area contributed by atoms with Gasteiger partial charge in [0.25, 0.3) is 0 Å². The van der Waals surface area contributed by atoms with Crippen LogP contribution in [0.5, 0.6) is 0 Å². The van der Waals surface area contributed by atoms with E-state index in [9.17, 15) is 4.79 Å². The fourth-order valence-electron chi connectivity index (χ4n) is 3.52. The first-order chi connectivity index (χ1) is 13.6. The van der Waals surface area contributed by atoms with Crippen LogP contribution in [0.15, 0.2) is 65.8 Å². The number of carbonyl (C=O) groups excluding carboxylic acids is 1. The van der Waals surface area contributed by atoms with Crippen molar-refractivity contribution < 1.29 is 4.79 Å². The fraction of sp³-hybridized carbons (Fsp3) is 0.333. The first kappa shape index (κ1) is 18.2. The molecule has 0 bridgehead atoms. The van der Waals surface area contributed by atoms with E-state index in [1.165, 1.54) is 24.7 Å². The Kier molecular flexibility index (Phi) is 5.06. The Morgan fingerprint density at radius 1 is 1.36 bits per heavy atom. The predicted molar refractivity (Wildman–Crippen MR) is 110 cm³/mol. The van der Waals surface area contributed by atoms with Crippen molar-refractivity contribution in [1.29, 1.82) is 0 Å². The van der Waals surface area contributed by atoms with Gasteiger partial charge in [-0.3, -0.25) is 9.80 Å². The number of amides is 1. The summed E-state index contributed by atoms with van der Waals surface area (Å²) in [5, 5.41) is 13.3. The van der Waals surface area contributed by atoms with Crippen molar-refractivity contribution in [3.63, 3.8) is 0 Å². The largest absolute Gasteiger partial charge is 0.323 e. The summed E-state index contributed by atoms with van der Waals surface area (Å²) in [5.41, 5.74) is 4.28. The van der Waals surface area contributed by atoms with Crippen LogP contribution in [0.1, 0.15) is 32.6 Å². The van der Waals surface area contributed by atoms with E-state index in [0.29, 0.717) is 11.4 Å². The van der Waals surface area contributed by atoms with Crippen molar-refractivity contribution in [2.75, 3.05) is 11.9 Å². The van der Waals surface area contributed by atoms with Crippen molar-refractivity contribution in [3.8, 4) is 0 Å². The summed E-state index contributed by atoms with van der Waals surface area (Å²) in [7, 11) is 0. The van der Waals surface area contributed by atoms with Crippen LogP contribution < -0.4 is 5.32 Å². The lowest BCUT2D eigenvalue weighted by Gasteiger charge is -2.26. The minimum absolute atomic E-state index is 0.104. The van der Waals surface area contributed by atoms with Gasteiger partial charge in [-0.2, -0.15) is 10.2 Å². The number of hydrogen-bond donors (Lipinski definition) is 1. The van der Waals surface area contributed by atoms with E-state index in [0.717, 1.165) is 30.1 Å². The van der Waals surface area contributed by atoms with Crippen molar-refractivity contribution in [3.05, 3.63) is 60.7 Å². The molecule has 2 aliphatic rings. The standard InChI is InChI=1S/C21H24N6O/c1-3-16-5-7-17(8-6-16)19-10-4-15(2)26(25-19)13-21(28)24-18-9-11-20-22-14-23-27(20)12-18/h4,7,9-12,14,16H,2-3,5-6,8,13H2,1H3,(H,24,28). The highest BCUT2D eigenvalue weighted by Gasteiger charge is 2.20. The molecule has 0 fully saturated rings. The van der Waals surface area contributed by atoms with Crippen molar-refractivity contribution >= 4 is 23.0 Å². The molecule has 7 nitrogen and oxygen atoms in total. The highest BCUT2D eigenvalue weighted by molar-refractivity contribution is 6.09. The maximum Gasteiger partial charge on any atom is 0.246 e. The Morgan fingerprint density at radius 2 is 2.25 bits per heavy atom. The molecule has 2 aromatic rings. The topological polar surface area (TPSA) is 74.9 Å². The molecular formula is C21H24N6O. The lowest BCUT2D eigenvalue weighted by atomic mass is 9.86. The molecule has 0 aromatic carbocycles. The molecule has 1 N–H and O–H groups in total. The first-order valence-electron chi connectivity index (χ1n) is 9.64. The number of hydrazone groups is 1. The average molecular weight is 376 g/mol. The van der Waals surface area contributed by atoms with E-state index < -0.39 is 0 Å². The third-order valence-corrected chi connectivity index (χ3v) is 5.27. The number of aromatic nitrogens is 3. The first-order valence-corrected chi connectivity index (χ1v) is 9.64. The summed E-state index contributed by atoms with van der Waals surface area (Å²) in [4.78, 5) is 16.6. The smallest absolute Gasteiger partial charge is 0.246 e. The third-order valence-electron chi connectivity index (χ3n) is 5.27. The molecule has 1 amide bonds. The van der Waals surface area contributed by atoms with E-state index in [-0.39, 0.29) is 12.5 Å². The Hall–Kier alpha value is -3.22. The molecule has 4 rings (SSSR count). The zero-order chi connectivity index (χ0) is 19.5. The number of fused-ring (bicyclic) bond motifs is 1. The predicted octanol–water partition coefficient (Wildman–Crippen LogP) is 3.55. The molecule has 1 unspecified atom stereocenters. The lowest BCUT2D eigenvalue weighted by Crippen LogP contribution is -2.31. The molecule has 0 radical (unpaired) electrons. The van der Waals surface area contributed by atoms with Crippen molar-refractivity contribution in [1.82, 2.24) is 19.6 Å². The molecule has 1 aliphatic carbocycles. The number of nitrogens with one attached hydrogen (secondary N) is 1. The van der Waals surface area contributed by atoms with Crippen LogP contribution in [0.25, 0.3) is 5.65 Å². The number of rotatable bonds is 5. The minimum atomic E-state index is -0.164.